The highest BCUT2D eigenvalue weighted by Gasteiger charge is 2.11. The van der Waals surface area contributed by atoms with Crippen molar-refractivity contribution in [1.82, 2.24) is 0 Å². The molecule has 0 saturated heterocycles. The summed E-state index contributed by atoms with van der Waals surface area (Å²) in [5.41, 5.74) is 10.4. The number of hydrogen-bond acceptors (Lipinski definition) is 7. The van der Waals surface area contributed by atoms with E-state index in [1.807, 2.05) is 0 Å². The van der Waals surface area contributed by atoms with Gasteiger partial charge in [0.25, 0.3) is 5.09 Å². The monoisotopic (exact) mass is 223 g/mol. The van der Waals surface area contributed by atoms with E-state index in [-0.39, 0.29) is 13.2 Å². The van der Waals surface area contributed by atoms with Crippen molar-refractivity contribution < 1.29 is 19.4 Å². The molecule has 0 rings (SSSR count). The lowest BCUT2D eigenvalue weighted by molar-refractivity contribution is -0.759. The summed E-state index contributed by atoms with van der Waals surface area (Å²) >= 11 is 0. The highest BCUT2D eigenvalue weighted by atomic mass is 17.0. The smallest absolute Gasteiger partial charge is 0.294 e. The van der Waals surface area contributed by atoms with Crippen LogP contribution in [0, 0.1) is 10.1 Å². The van der Waals surface area contributed by atoms with Gasteiger partial charge < -0.3 is 25.8 Å². The third kappa shape index (κ3) is 9.35. The van der Waals surface area contributed by atoms with E-state index in [1.165, 1.54) is 0 Å². The van der Waals surface area contributed by atoms with Crippen LogP contribution >= 0.6 is 0 Å². The zero-order valence-corrected chi connectivity index (χ0v) is 8.46. The van der Waals surface area contributed by atoms with Crippen LogP contribution < -0.4 is 11.5 Å². The Hall–Kier alpha value is -0.960. The van der Waals surface area contributed by atoms with Crippen molar-refractivity contribution in [2.75, 3.05) is 39.5 Å². The van der Waals surface area contributed by atoms with Gasteiger partial charge in [0.15, 0.2) is 0 Å². The summed E-state index contributed by atoms with van der Waals surface area (Å²) in [6.07, 6.45) is -0.495. The van der Waals surface area contributed by atoms with Crippen molar-refractivity contribution in [2.45, 2.75) is 6.10 Å². The summed E-state index contributed by atoms with van der Waals surface area (Å²) in [5, 5.41) is 9.08. The average molecular weight is 223 g/mol. The molecule has 0 amide bonds. The Bertz CT molecular complexity index is 169. The van der Waals surface area contributed by atoms with Crippen LogP contribution in [-0.4, -0.2) is 50.7 Å². The molecule has 0 fully saturated rings. The van der Waals surface area contributed by atoms with Gasteiger partial charge in [0.2, 0.25) is 0 Å². The summed E-state index contributed by atoms with van der Waals surface area (Å²) in [5.74, 6) is 0. The summed E-state index contributed by atoms with van der Waals surface area (Å²) < 4.78 is 10.2. The normalized spacial score (nSPS) is 12.4. The number of nitrogens with zero attached hydrogens (tertiary/aromatic N) is 1. The van der Waals surface area contributed by atoms with E-state index in [0.29, 0.717) is 26.3 Å². The third-order valence-electron chi connectivity index (χ3n) is 1.40. The molecule has 8 heteroatoms. The van der Waals surface area contributed by atoms with Gasteiger partial charge in [0, 0.05) is 13.1 Å². The first kappa shape index (κ1) is 14.0. The Labute approximate surface area is 87.6 Å². The highest BCUT2D eigenvalue weighted by Crippen LogP contribution is 1.95. The minimum atomic E-state index is -0.873. The lowest BCUT2D eigenvalue weighted by Gasteiger charge is -2.16. The molecule has 0 radical (unpaired) electrons. The third-order valence-corrected chi connectivity index (χ3v) is 1.40. The summed E-state index contributed by atoms with van der Waals surface area (Å²) in [6, 6.07) is 0. The largest absolute Gasteiger partial charge is 0.377 e. The van der Waals surface area contributed by atoms with E-state index in [0.717, 1.165) is 0 Å². The first-order chi connectivity index (χ1) is 7.20. The van der Waals surface area contributed by atoms with Gasteiger partial charge in [-0.3, -0.25) is 0 Å². The molecule has 0 aromatic rings. The molecule has 4 N–H and O–H groups in total. The van der Waals surface area contributed by atoms with Gasteiger partial charge >= 0.3 is 0 Å². The first-order valence-electron chi connectivity index (χ1n) is 4.57. The molecule has 90 valence electrons. The van der Waals surface area contributed by atoms with Crippen LogP contribution in [0.1, 0.15) is 0 Å². The lowest BCUT2D eigenvalue weighted by Crippen LogP contribution is -2.30. The van der Waals surface area contributed by atoms with Crippen LogP contribution in [-0.2, 0) is 14.3 Å². The fraction of sp³-hybridized carbons (Fsp3) is 1.00. The summed E-state index contributed by atoms with van der Waals surface area (Å²) in [6.45, 7) is 1.44. The van der Waals surface area contributed by atoms with E-state index in [1.54, 1.807) is 0 Å². The maximum atomic E-state index is 9.95. The molecule has 0 aliphatic rings. The van der Waals surface area contributed by atoms with Gasteiger partial charge in [-0.2, -0.15) is 0 Å². The second-order valence-corrected chi connectivity index (χ2v) is 2.66. The molecule has 0 heterocycles. The summed E-state index contributed by atoms with van der Waals surface area (Å²) in [4.78, 5) is 14.1. The van der Waals surface area contributed by atoms with Crippen LogP contribution in [0.2, 0.25) is 0 Å². The Kier molecular flexibility index (Phi) is 8.98. The quantitative estimate of drug-likeness (QED) is 0.263. The fourth-order valence-corrected chi connectivity index (χ4v) is 0.821. The van der Waals surface area contributed by atoms with Gasteiger partial charge in [0.05, 0.1) is 19.8 Å². The van der Waals surface area contributed by atoms with Crippen LogP contribution in [0.15, 0.2) is 0 Å². The van der Waals surface area contributed by atoms with Gasteiger partial charge in [0.1, 0.15) is 12.7 Å². The first-order valence-corrected chi connectivity index (χ1v) is 4.57. The average Bonchev–Trinajstić information content (AvgIpc) is 2.21. The number of hydrogen-bond donors (Lipinski definition) is 2. The number of nitrogens with two attached hydrogens (primary N) is 2. The maximum absolute atomic E-state index is 9.95. The van der Waals surface area contributed by atoms with Crippen molar-refractivity contribution in [2.24, 2.45) is 11.5 Å². The molecule has 8 nitrogen and oxygen atoms in total. The van der Waals surface area contributed by atoms with Crippen LogP contribution in [0.3, 0.4) is 0 Å². The zero-order valence-electron chi connectivity index (χ0n) is 8.46. The maximum Gasteiger partial charge on any atom is 0.294 e. The molecule has 1 atom stereocenters. The van der Waals surface area contributed by atoms with E-state index in [9.17, 15) is 10.1 Å². The van der Waals surface area contributed by atoms with E-state index < -0.39 is 11.2 Å². The van der Waals surface area contributed by atoms with Crippen molar-refractivity contribution in [3.8, 4) is 0 Å². The fourth-order valence-electron chi connectivity index (χ4n) is 0.821. The predicted octanol–water partition coefficient (Wildman–Crippen LogP) is -1.49. The van der Waals surface area contributed by atoms with Crippen LogP contribution in [0.25, 0.3) is 0 Å². The molecule has 0 bridgehead atoms. The van der Waals surface area contributed by atoms with Crippen molar-refractivity contribution in [3.05, 3.63) is 10.1 Å². The molecule has 0 aromatic carbocycles. The van der Waals surface area contributed by atoms with Gasteiger partial charge in [-0.25, -0.2) is 0 Å². The minimum absolute atomic E-state index is 0.169. The lowest BCUT2D eigenvalue weighted by atomic mass is 10.4. The van der Waals surface area contributed by atoms with E-state index >= 15 is 0 Å². The molecular formula is C7H17N3O5. The SMILES string of the molecule is NCCOCC(CO[N+](=O)[O-])OCCN. The molecule has 0 aliphatic heterocycles. The second-order valence-electron chi connectivity index (χ2n) is 2.66. The Morgan fingerprint density at radius 2 is 1.87 bits per heavy atom. The molecule has 1 unspecified atom stereocenters. The minimum Gasteiger partial charge on any atom is -0.377 e. The van der Waals surface area contributed by atoms with Crippen LogP contribution in [0.5, 0.6) is 0 Å². The summed E-state index contributed by atoms with van der Waals surface area (Å²) in [7, 11) is 0. The van der Waals surface area contributed by atoms with Crippen molar-refractivity contribution in [3.63, 3.8) is 0 Å². The Morgan fingerprint density at radius 3 is 2.40 bits per heavy atom. The molecule has 15 heavy (non-hydrogen) atoms. The van der Waals surface area contributed by atoms with Crippen molar-refractivity contribution in [1.29, 1.82) is 0 Å². The standard InChI is InChI=1S/C7H17N3O5/c8-1-3-13-5-7(14-4-2-9)6-15-10(11)12/h7H,1-6,8-9H2. The van der Waals surface area contributed by atoms with Crippen LogP contribution in [0.4, 0.5) is 0 Å². The van der Waals surface area contributed by atoms with E-state index in [4.69, 9.17) is 20.9 Å². The number of ether oxygens (including phenoxy) is 2. The molecule has 0 saturated carbocycles. The van der Waals surface area contributed by atoms with E-state index in [2.05, 4.69) is 4.84 Å². The second kappa shape index (κ2) is 9.59. The van der Waals surface area contributed by atoms with Gasteiger partial charge in [-0.15, -0.1) is 10.1 Å². The van der Waals surface area contributed by atoms with Gasteiger partial charge in [-0.05, 0) is 0 Å². The number of rotatable bonds is 10. The molecular weight excluding hydrogens is 206 g/mol. The zero-order chi connectivity index (χ0) is 11.5. The predicted molar refractivity (Wildman–Crippen MR) is 51.6 cm³/mol. The molecule has 0 spiro atoms. The Balaban J connectivity index is 3.67. The molecule has 0 aromatic heterocycles. The highest BCUT2D eigenvalue weighted by molar-refractivity contribution is 4.54. The topological polar surface area (TPSA) is 123 Å². The van der Waals surface area contributed by atoms with Gasteiger partial charge in [-0.1, -0.05) is 0 Å². The molecule has 0 aliphatic carbocycles. The van der Waals surface area contributed by atoms with Crippen molar-refractivity contribution >= 4 is 0 Å². The Morgan fingerprint density at radius 1 is 1.20 bits per heavy atom.